The van der Waals surface area contributed by atoms with Crippen molar-refractivity contribution in [1.29, 1.82) is 0 Å². The van der Waals surface area contributed by atoms with Crippen molar-refractivity contribution in [3.05, 3.63) is 50.4 Å². The van der Waals surface area contributed by atoms with Crippen LogP contribution in [0.15, 0.2) is 28.7 Å². The van der Waals surface area contributed by atoms with E-state index in [9.17, 15) is 14.4 Å². The lowest BCUT2D eigenvalue weighted by atomic mass is 10.1. The molecule has 3 aromatic rings. The predicted octanol–water partition coefficient (Wildman–Crippen LogP) is 3.38. The number of aryl methyl sites for hydroxylation is 1. The number of para-hydroxylation sites is 1. The van der Waals surface area contributed by atoms with Crippen LogP contribution in [-0.4, -0.2) is 29.4 Å². The number of hydrogen-bond donors (Lipinski definition) is 3. The first kappa shape index (κ1) is 18.7. The minimum Gasteiger partial charge on any atom is -0.451 e. The molecule has 1 aliphatic carbocycles. The van der Waals surface area contributed by atoms with Crippen molar-refractivity contribution >= 4 is 61.0 Å². The summed E-state index contributed by atoms with van der Waals surface area (Å²) in [7, 11) is 0. The molecule has 0 unspecified atom stereocenters. The lowest BCUT2D eigenvalue weighted by molar-refractivity contribution is -0.119. The number of benzene rings is 1. The third kappa shape index (κ3) is 3.31. The fourth-order valence-corrected chi connectivity index (χ4v) is 5.28. The quantitative estimate of drug-likeness (QED) is 0.505. The highest BCUT2D eigenvalue weighted by atomic mass is 79.9. The highest BCUT2D eigenvalue weighted by Crippen LogP contribution is 2.38. The topological polar surface area (TPSA) is 114 Å². The second-order valence-electron chi connectivity index (χ2n) is 6.41. The molecule has 2 amide bonds. The minimum absolute atomic E-state index is 0.238. The van der Waals surface area contributed by atoms with E-state index in [1.807, 2.05) is 24.3 Å². The monoisotopic (exact) mass is 461 g/mol. The number of ether oxygens (including phenoxy) is 1. The van der Waals surface area contributed by atoms with Crippen LogP contribution in [0.25, 0.3) is 10.9 Å². The molecule has 1 aliphatic rings. The normalized spacial score (nSPS) is 12.8. The Morgan fingerprint density at radius 1 is 1.25 bits per heavy atom. The second kappa shape index (κ2) is 7.40. The van der Waals surface area contributed by atoms with Gasteiger partial charge in [-0.2, -0.15) is 0 Å². The van der Waals surface area contributed by atoms with Gasteiger partial charge in [-0.3, -0.25) is 9.59 Å². The van der Waals surface area contributed by atoms with Gasteiger partial charge in [0.25, 0.3) is 11.8 Å². The molecule has 2 heterocycles. The Labute approximate surface area is 172 Å². The highest BCUT2D eigenvalue weighted by Gasteiger charge is 2.26. The summed E-state index contributed by atoms with van der Waals surface area (Å²) < 4.78 is 5.71. The van der Waals surface area contributed by atoms with E-state index < -0.39 is 24.4 Å². The van der Waals surface area contributed by atoms with E-state index in [1.54, 1.807) is 0 Å². The molecule has 0 saturated carbocycles. The zero-order chi connectivity index (χ0) is 19.8. The Bertz CT molecular complexity index is 1120. The number of fused-ring (bicyclic) bond motifs is 2. The number of thiophene rings is 1. The molecule has 0 fully saturated rings. The first-order chi connectivity index (χ1) is 13.5. The van der Waals surface area contributed by atoms with Crippen LogP contribution in [0.3, 0.4) is 0 Å². The number of amides is 2. The molecular formula is C19H16BrN3O4S. The zero-order valence-electron chi connectivity index (χ0n) is 14.6. The number of carbonyl (C=O) groups is 3. The van der Waals surface area contributed by atoms with Crippen molar-refractivity contribution in [2.75, 3.05) is 11.9 Å². The number of esters is 1. The Morgan fingerprint density at radius 3 is 2.79 bits per heavy atom. The summed E-state index contributed by atoms with van der Waals surface area (Å²) in [5.41, 5.74) is 7.80. The summed E-state index contributed by atoms with van der Waals surface area (Å²) in [5.74, 6) is -1.74. The summed E-state index contributed by atoms with van der Waals surface area (Å²) in [6, 6.07) is 7.41. The first-order valence-electron chi connectivity index (χ1n) is 8.63. The Balaban J connectivity index is 1.44. The number of nitrogens with one attached hydrogen (secondary N) is 2. The number of nitrogens with two attached hydrogens (primary N) is 1. The molecule has 144 valence electrons. The second-order valence-corrected chi connectivity index (χ2v) is 8.31. The van der Waals surface area contributed by atoms with Gasteiger partial charge in [-0.1, -0.05) is 18.2 Å². The van der Waals surface area contributed by atoms with Crippen LogP contribution in [0.2, 0.25) is 0 Å². The molecule has 7 nitrogen and oxygen atoms in total. The summed E-state index contributed by atoms with van der Waals surface area (Å²) in [6.45, 7) is -0.471. The standard InChI is InChI=1S/C19H16BrN3O4S/c20-15-9-4-1-2-6-11(9)22-16(15)19(26)27-8-13(24)23-18-14(17(21)25)10-5-3-7-12(10)28-18/h1-2,4,6,22H,3,5,7-8H2,(H2,21,25)(H,23,24). The lowest BCUT2D eigenvalue weighted by Crippen LogP contribution is -2.23. The molecule has 0 spiro atoms. The summed E-state index contributed by atoms with van der Waals surface area (Å²) in [5, 5.41) is 3.92. The van der Waals surface area contributed by atoms with Crippen molar-refractivity contribution in [3.63, 3.8) is 0 Å². The molecule has 0 aliphatic heterocycles. The van der Waals surface area contributed by atoms with Gasteiger partial charge in [0.2, 0.25) is 0 Å². The average molecular weight is 462 g/mol. The number of hydrogen-bond acceptors (Lipinski definition) is 5. The van der Waals surface area contributed by atoms with Crippen molar-refractivity contribution in [2.24, 2.45) is 5.73 Å². The molecule has 9 heteroatoms. The molecule has 28 heavy (non-hydrogen) atoms. The molecule has 0 bridgehead atoms. The van der Waals surface area contributed by atoms with Crippen molar-refractivity contribution in [1.82, 2.24) is 4.98 Å². The number of rotatable bonds is 5. The Morgan fingerprint density at radius 2 is 2.04 bits per heavy atom. The van der Waals surface area contributed by atoms with Gasteiger partial charge in [0.15, 0.2) is 6.61 Å². The molecule has 2 aromatic heterocycles. The third-order valence-corrected chi connectivity index (χ3v) is 6.63. The van der Waals surface area contributed by atoms with Gasteiger partial charge >= 0.3 is 5.97 Å². The third-order valence-electron chi connectivity index (χ3n) is 4.60. The summed E-state index contributed by atoms with van der Waals surface area (Å²) in [6.07, 6.45) is 2.63. The number of aromatic amines is 1. The van der Waals surface area contributed by atoms with E-state index in [0.29, 0.717) is 15.0 Å². The van der Waals surface area contributed by atoms with Crippen molar-refractivity contribution in [2.45, 2.75) is 19.3 Å². The van der Waals surface area contributed by atoms with Gasteiger partial charge < -0.3 is 20.8 Å². The zero-order valence-corrected chi connectivity index (χ0v) is 17.0. The van der Waals surface area contributed by atoms with Crippen LogP contribution >= 0.6 is 27.3 Å². The van der Waals surface area contributed by atoms with Crippen LogP contribution < -0.4 is 11.1 Å². The fourth-order valence-electron chi connectivity index (χ4n) is 3.37. The maximum Gasteiger partial charge on any atom is 0.356 e. The van der Waals surface area contributed by atoms with E-state index in [4.69, 9.17) is 10.5 Å². The molecule has 4 N–H and O–H groups in total. The summed E-state index contributed by atoms with van der Waals surface area (Å²) >= 11 is 4.74. The Kier molecular flexibility index (Phi) is 4.94. The van der Waals surface area contributed by atoms with Crippen LogP contribution in [0.4, 0.5) is 5.00 Å². The molecule has 0 radical (unpaired) electrons. The molecule has 0 atom stereocenters. The molecule has 0 saturated heterocycles. The average Bonchev–Trinajstić information content (AvgIpc) is 3.33. The fraction of sp³-hybridized carbons (Fsp3) is 0.211. The van der Waals surface area contributed by atoms with E-state index >= 15 is 0 Å². The lowest BCUT2D eigenvalue weighted by Gasteiger charge is -2.07. The SMILES string of the molecule is NC(=O)c1c(NC(=O)COC(=O)c2[nH]c3ccccc3c2Br)sc2c1CCC2. The van der Waals surface area contributed by atoms with Crippen LogP contribution in [0.1, 0.15) is 37.7 Å². The predicted molar refractivity (Wildman–Crippen MR) is 110 cm³/mol. The molecule has 4 rings (SSSR count). The van der Waals surface area contributed by atoms with E-state index in [1.165, 1.54) is 11.3 Å². The van der Waals surface area contributed by atoms with Gasteiger partial charge in [0.05, 0.1) is 10.0 Å². The Hall–Kier alpha value is -2.65. The van der Waals surface area contributed by atoms with Gasteiger partial charge in [0.1, 0.15) is 10.7 Å². The number of H-pyrrole nitrogens is 1. The van der Waals surface area contributed by atoms with Gasteiger partial charge in [-0.25, -0.2) is 4.79 Å². The van der Waals surface area contributed by atoms with Gasteiger partial charge in [0, 0.05) is 15.8 Å². The van der Waals surface area contributed by atoms with E-state index in [2.05, 4.69) is 26.2 Å². The van der Waals surface area contributed by atoms with Gasteiger partial charge in [-0.15, -0.1) is 11.3 Å². The summed E-state index contributed by atoms with van der Waals surface area (Å²) in [4.78, 5) is 40.4. The minimum atomic E-state index is -0.651. The van der Waals surface area contributed by atoms with Crippen LogP contribution in [0.5, 0.6) is 0 Å². The molecular weight excluding hydrogens is 446 g/mol. The maximum atomic E-state index is 12.3. The molecule has 1 aromatic carbocycles. The highest BCUT2D eigenvalue weighted by molar-refractivity contribution is 9.10. The number of anilines is 1. The number of primary amides is 1. The smallest absolute Gasteiger partial charge is 0.356 e. The number of carbonyl (C=O) groups excluding carboxylic acids is 3. The first-order valence-corrected chi connectivity index (χ1v) is 10.2. The van der Waals surface area contributed by atoms with Crippen molar-refractivity contribution in [3.8, 4) is 0 Å². The van der Waals surface area contributed by atoms with Crippen LogP contribution in [-0.2, 0) is 22.4 Å². The van der Waals surface area contributed by atoms with E-state index in [-0.39, 0.29) is 5.69 Å². The van der Waals surface area contributed by atoms with Crippen LogP contribution in [0, 0.1) is 0 Å². The van der Waals surface area contributed by atoms with Crippen molar-refractivity contribution < 1.29 is 19.1 Å². The maximum absolute atomic E-state index is 12.3. The number of aromatic nitrogens is 1. The number of halogens is 1. The largest absolute Gasteiger partial charge is 0.451 e. The van der Waals surface area contributed by atoms with E-state index in [0.717, 1.165) is 40.6 Å². The van der Waals surface area contributed by atoms with Gasteiger partial charge in [-0.05, 0) is 46.8 Å².